The van der Waals surface area contributed by atoms with Gasteiger partial charge in [0.05, 0.1) is 6.61 Å². The highest BCUT2D eigenvalue weighted by Gasteiger charge is 2.32. The molecule has 1 saturated carbocycles. The van der Waals surface area contributed by atoms with Crippen LogP contribution in [0.15, 0.2) is 0 Å². The minimum Gasteiger partial charge on any atom is -0.383 e. The van der Waals surface area contributed by atoms with Crippen molar-refractivity contribution in [1.82, 2.24) is 10.2 Å². The minimum absolute atomic E-state index is 0.673. The maximum absolute atomic E-state index is 5.24. The van der Waals surface area contributed by atoms with Gasteiger partial charge < -0.3 is 10.1 Å². The predicted molar refractivity (Wildman–Crippen MR) is 74.8 cm³/mol. The highest BCUT2D eigenvalue weighted by molar-refractivity contribution is 7.99. The largest absolute Gasteiger partial charge is 0.383 e. The van der Waals surface area contributed by atoms with E-state index < -0.39 is 0 Å². The summed E-state index contributed by atoms with van der Waals surface area (Å²) < 4.78 is 5.24. The summed E-state index contributed by atoms with van der Waals surface area (Å²) in [6.07, 6.45) is 2.86. The molecule has 0 bridgehead atoms. The van der Waals surface area contributed by atoms with E-state index in [9.17, 15) is 0 Å². The molecule has 17 heavy (non-hydrogen) atoms. The van der Waals surface area contributed by atoms with Crippen LogP contribution >= 0.6 is 11.8 Å². The van der Waals surface area contributed by atoms with Crippen molar-refractivity contribution in [2.45, 2.75) is 31.8 Å². The van der Waals surface area contributed by atoms with E-state index in [0.29, 0.717) is 6.04 Å². The summed E-state index contributed by atoms with van der Waals surface area (Å²) in [6.45, 7) is 6.69. The lowest BCUT2D eigenvalue weighted by atomic mass is 10.1. The molecule has 2 atom stereocenters. The van der Waals surface area contributed by atoms with Crippen molar-refractivity contribution in [2.24, 2.45) is 5.92 Å². The van der Waals surface area contributed by atoms with Crippen LogP contribution in [0.2, 0.25) is 0 Å². The fourth-order valence-electron chi connectivity index (χ4n) is 2.57. The van der Waals surface area contributed by atoms with E-state index in [4.69, 9.17) is 4.74 Å². The van der Waals surface area contributed by atoms with Gasteiger partial charge in [-0.2, -0.15) is 11.8 Å². The van der Waals surface area contributed by atoms with Gasteiger partial charge >= 0.3 is 0 Å². The molecule has 0 amide bonds. The summed E-state index contributed by atoms with van der Waals surface area (Å²) in [5, 5.41) is 3.64. The molecule has 0 aromatic carbocycles. The van der Waals surface area contributed by atoms with Crippen LogP contribution < -0.4 is 5.32 Å². The zero-order valence-electron chi connectivity index (χ0n) is 11.2. The lowest BCUT2D eigenvalue weighted by Gasteiger charge is -2.34. The van der Waals surface area contributed by atoms with Gasteiger partial charge in [-0.05, 0) is 25.7 Å². The van der Waals surface area contributed by atoms with Crippen LogP contribution in [-0.2, 0) is 4.74 Å². The quantitative estimate of drug-likeness (QED) is 0.747. The van der Waals surface area contributed by atoms with Gasteiger partial charge in [0.1, 0.15) is 0 Å². The molecule has 3 nitrogen and oxygen atoms in total. The third-order valence-electron chi connectivity index (χ3n) is 3.92. The Labute approximate surface area is 110 Å². The number of hydrogen-bond acceptors (Lipinski definition) is 4. The van der Waals surface area contributed by atoms with E-state index in [1.165, 1.54) is 37.4 Å². The summed E-state index contributed by atoms with van der Waals surface area (Å²) in [6, 6.07) is 1.41. The molecule has 100 valence electrons. The minimum atomic E-state index is 0.673. The first-order valence-electron chi connectivity index (χ1n) is 6.85. The molecular formula is C13H26N2OS. The zero-order chi connectivity index (χ0) is 12.1. The third kappa shape index (κ3) is 4.43. The Bertz CT molecular complexity index is 217. The topological polar surface area (TPSA) is 24.5 Å². The molecule has 2 aliphatic rings. The number of hydrogen-bond donors (Lipinski definition) is 1. The molecule has 1 aliphatic carbocycles. The van der Waals surface area contributed by atoms with Gasteiger partial charge in [0.15, 0.2) is 0 Å². The second-order valence-electron chi connectivity index (χ2n) is 5.29. The van der Waals surface area contributed by atoms with Crippen molar-refractivity contribution in [1.29, 1.82) is 0 Å². The fraction of sp³-hybridized carbons (Fsp3) is 1.00. The average molecular weight is 258 g/mol. The average Bonchev–Trinajstić information content (AvgIpc) is 3.19. The zero-order valence-corrected chi connectivity index (χ0v) is 12.0. The molecule has 1 aliphatic heterocycles. The van der Waals surface area contributed by atoms with E-state index >= 15 is 0 Å². The second kappa shape index (κ2) is 6.98. The van der Waals surface area contributed by atoms with Crippen molar-refractivity contribution in [3.8, 4) is 0 Å². The van der Waals surface area contributed by atoms with E-state index in [1.54, 1.807) is 7.11 Å². The van der Waals surface area contributed by atoms with Crippen LogP contribution in [0.5, 0.6) is 0 Å². The molecule has 1 heterocycles. The SMILES string of the molecule is COCCN(CC1CSCCN1)C(C)C1CC1. The van der Waals surface area contributed by atoms with E-state index in [0.717, 1.165) is 25.1 Å². The molecule has 2 fully saturated rings. The maximum atomic E-state index is 5.24. The van der Waals surface area contributed by atoms with Crippen molar-refractivity contribution in [3.63, 3.8) is 0 Å². The molecule has 2 unspecified atom stereocenters. The number of ether oxygens (including phenoxy) is 1. The summed E-state index contributed by atoms with van der Waals surface area (Å²) in [4.78, 5) is 2.63. The number of nitrogens with zero attached hydrogens (tertiary/aromatic N) is 1. The first-order valence-corrected chi connectivity index (χ1v) is 8.01. The van der Waals surface area contributed by atoms with Crippen molar-refractivity contribution in [2.75, 3.05) is 44.9 Å². The van der Waals surface area contributed by atoms with Gasteiger partial charge in [0.25, 0.3) is 0 Å². The highest BCUT2D eigenvalue weighted by Crippen LogP contribution is 2.35. The molecule has 1 saturated heterocycles. The van der Waals surface area contributed by atoms with Crippen LogP contribution in [0, 0.1) is 5.92 Å². The molecule has 0 spiro atoms. The van der Waals surface area contributed by atoms with Crippen LogP contribution in [0.3, 0.4) is 0 Å². The lowest BCUT2D eigenvalue weighted by molar-refractivity contribution is 0.110. The van der Waals surface area contributed by atoms with Crippen molar-refractivity contribution in [3.05, 3.63) is 0 Å². The van der Waals surface area contributed by atoms with E-state index in [2.05, 4.69) is 28.9 Å². The number of methoxy groups -OCH3 is 1. The Morgan fingerprint density at radius 2 is 2.29 bits per heavy atom. The fourth-order valence-corrected chi connectivity index (χ4v) is 3.50. The highest BCUT2D eigenvalue weighted by atomic mass is 32.2. The van der Waals surface area contributed by atoms with Gasteiger partial charge in [0, 0.05) is 50.3 Å². The number of nitrogens with one attached hydrogen (secondary N) is 1. The Hall–Kier alpha value is 0.230. The molecule has 4 heteroatoms. The Morgan fingerprint density at radius 3 is 2.88 bits per heavy atom. The third-order valence-corrected chi connectivity index (χ3v) is 5.05. The van der Waals surface area contributed by atoms with Gasteiger partial charge in [-0.25, -0.2) is 0 Å². The molecule has 2 rings (SSSR count). The van der Waals surface area contributed by atoms with Crippen LogP contribution in [0.1, 0.15) is 19.8 Å². The Kier molecular flexibility index (Phi) is 5.60. The molecular weight excluding hydrogens is 232 g/mol. The molecule has 0 aromatic rings. The van der Waals surface area contributed by atoms with Gasteiger partial charge in [0.2, 0.25) is 0 Å². The monoisotopic (exact) mass is 258 g/mol. The summed E-state index contributed by atoms with van der Waals surface area (Å²) in [5.41, 5.74) is 0. The van der Waals surface area contributed by atoms with Crippen LogP contribution in [-0.4, -0.2) is 61.8 Å². The Balaban J connectivity index is 1.80. The Morgan fingerprint density at radius 1 is 1.47 bits per heavy atom. The number of rotatable bonds is 7. The van der Waals surface area contributed by atoms with Gasteiger partial charge in [-0.3, -0.25) is 4.90 Å². The molecule has 0 aromatic heterocycles. The standard InChI is InChI=1S/C13H26N2OS/c1-11(12-3-4-12)15(6-7-16-2)9-13-10-17-8-5-14-13/h11-14H,3-10H2,1-2H3. The van der Waals surface area contributed by atoms with Crippen LogP contribution in [0.25, 0.3) is 0 Å². The maximum Gasteiger partial charge on any atom is 0.0589 e. The van der Waals surface area contributed by atoms with Crippen LogP contribution in [0.4, 0.5) is 0 Å². The van der Waals surface area contributed by atoms with Crippen molar-refractivity contribution < 1.29 is 4.74 Å². The van der Waals surface area contributed by atoms with E-state index in [-0.39, 0.29) is 0 Å². The number of thioether (sulfide) groups is 1. The predicted octanol–water partition coefficient (Wildman–Crippen LogP) is 1.44. The summed E-state index contributed by atoms with van der Waals surface area (Å²) in [5.74, 6) is 3.48. The normalized spacial score (nSPS) is 27.4. The van der Waals surface area contributed by atoms with Gasteiger partial charge in [-0.15, -0.1) is 0 Å². The summed E-state index contributed by atoms with van der Waals surface area (Å²) >= 11 is 2.08. The van der Waals surface area contributed by atoms with E-state index in [1.807, 2.05) is 0 Å². The lowest BCUT2D eigenvalue weighted by Crippen LogP contribution is -2.49. The molecule has 0 radical (unpaired) electrons. The van der Waals surface area contributed by atoms with Crippen molar-refractivity contribution >= 4 is 11.8 Å². The second-order valence-corrected chi connectivity index (χ2v) is 6.44. The first kappa shape index (κ1) is 13.7. The molecule has 1 N–H and O–H groups in total. The summed E-state index contributed by atoms with van der Waals surface area (Å²) in [7, 11) is 1.80. The smallest absolute Gasteiger partial charge is 0.0589 e. The van der Waals surface area contributed by atoms with Gasteiger partial charge in [-0.1, -0.05) is 0 Å². The first-order chi connectivity index (χ1) is 8.31.